The van der Waals surface area contributed by atoms with E-state index < -0.39 is 0 Å². The average molecular weight is 377 g/mol. The molecule has 0 aromatic carbocycles. The summed E-state index contributed by atoms with van der Waals surface area (Å²) in [5.41, 5.74) is 7.81. The Labute approximate surface area is 167 Å². The van der Waals surface area contributed by atoms with Crippen molar-refractivity contribution in [3.05, 3.63) is 71.6 Å². The van der Waals surface area contributed by atoms with E-state index in [0.29, 0.717) is 5.92 Å². The normalized spacial score (nSPS) is 27.6. The van der Waals surface area contributed by atoms with Gasteiger partial charge in [0, 0.05) is 12.8 Å². The van der Waals surface area contributed by atoms with Crippen LogP contribution in [0.4, 0.5) is 5.82 Å². The van der Waals surface area contributed by atoms with Crippen molar-refractivity contribution >= 4 is 11.4 Å². The van der Waals surface area contributed by atoms with Crippen LogP contribution >= 0.6 is 0 Å². The zero-order chi connectivity index (χ0) is 19.7. The number of aromatic nitrogens is 2. The van der Waals surface area contributed by atoms with Crippen LogP contribution in [0, 0.1) is 12.8 Å². The number of aryl methyl sites for hydroxylation is 1. The van der Waals surface area contributed by atoms with Crippen molar-refractivity contribution in [1.29, 1.82) is 0 Å². The fourth-order valence-corrected chi connectivity index (χ4v) is 5.12. The van der Waals surface area contributed by atoms with Gasteiger partial charge in [-0.3, -0.25) is 0 Å². The molecule has 1 aromatic heterocycles. The zero-order valence-electron chi connectivity index (χ0n) is 17.0. The van der Waals surface area contributed by atoms with E-state index in [9.17, 15) is 0 Å². The number of hydrogen-bond acceptors (Lipinski definition) is 3. The highest BCUT2D eigenvalue weighted by Crippen LogP contribution is 2.48. The Bertz CT molecular complexity index is 912. The highest BCUT2D eigenvalue weighted by atomic mass is 16.2. The van der Waals surface area contributed by atoms with Gasteiger partial charge in [-0.25, -0.2) is 9.47 Å². The predicted octanol–water partition coefficient (Wildman–Crippen LogP) is 5.54. The number of allylic oxidation sites excluding steroid dienone is 7. The molecule has 1 aliphatic carbocycles. The molecule has 1 saturated heterocycles. The van der Waals surface area contributed by atoms with Gasteiger partial charge in [-0.15, -0.1) is 0 Å². The molecule has 4 nitrogen and oxygen atoms in total. The quantitative estimate of drug-likeness (QED) is 0.426. The van der Waals surface area contributed by atoms with Gasteiger partial charge < -0.3 is 5.11 Å². The second-order valence-electron chi connectivity index (χ2n) is 8.29. The van der Waals surface area contributed by atoms with Gasteiger partial charge in [-0.1, -0.05) is 24.3 Å². The molecule has 1 spiro atoms. The first-order chi connectivity index (χ1) is 13.6. The standard InChI is InChI=1S/C24H29N3O/c1-4-6-21(20-8-5-7-17(20)2)22-15-27(12-9-19(10-13-27)11-14-28)24-23(22)18(3)25-16-26-24/h4,6,11,14-16,19H,1,5,7-10,12-13H2,2-3H3/p+1/b14-11+,21-6+. The highest BCUT2D eigenvalue weighted by Gasteiger charge is 2.45. The first kappa shape index (κ1) is 18.9. The van der Waals surface area contributed by atoms with E-state index in [0.717, 1.165) is 48.3 Å². The maximum Gasteiger partial charge on any atom is 0.243 e. The number of fused-ring (bicyclic) bond motifs is 2. The lowest BCUT2D eigenvalue weighted by atomic mass is 9.91. The summed E-state index contributed by atoms with van der Waals surface area (Å²) in [6.07, 6.45) is 17.0. The molecule has 28 heavy (non-hydrogen) atoms. The number of quaternary nitrogens is 1. The van der Waals surface area contributed by atoms with Crippen molar-refractivity contribution in [1.82, 2.24) is 14.5 Å². The van der Waals surface area contributed by atoms with E-state index in [1.165, 1.54) is 47.0 Å². The smallest absolute Gasteiger partial charge is 0.243 e. The van der Waals surface area contributed by atoms with E-state index in [1.54, 1.807) is 6.33 Å². The molecule has 146 valence electrons. The van der Waals surface area contributed by atoms with Crippen molar-refractivity contribution in [2.75, 3.05) is 13.1 Å². The van der Waals surface area contributed by atoms with Gasteiger partial charge in [0.2, 0.25) is 5.82 Å². The number of piperidine rings is 1. The van der Waals surface area contributed by atoms with Crippen LogP contribution in [-0.4, -0.2) is 28.2 Å². The average Bonchev–Trinajstić information content (AvgIpc) is 3.25. The Morgan fingerprint density at radius 2 is 2.00 bits per heavy atom. The third-order valence-electron chi connectivity index (χ3n) is 6.63. The topological polar surface area (TPSA) is 46.0 Å². The first-order valence-electron chi connectivity index (χ1n) is 10.3. The van der Waals surface area contributed by atoms with Crippen LogP contribution in [0.3, 0.4) is 0 Å². The summed E-state index contributed by atoms with van der Waals surface area (Å²) in [6, 6.07) is 0. The van der Waals surface area contributed by atoms with Gasteiger partial charge in [0.15, 0.2) is 0 Å². The molecule has 1 N–H and O–H groups in total. The minimum Gasteiger partial charge on any atom is -0.516 e. The SMILES string of the molecule is C=C/C=C(/C1=C[N+]2(CCC(/C=C/O)CC2)c2ncnc(C)c21)C1=C(C)CCC1. The number of rotatable bonds is 4. The minimum atomic E-state index is 0.445. The van der Waals surface area contributed by atoms with Gasteiger partial charge in [0.05, 0.1) is 36.2 Å². The molecule has 0 amide bonds. The van der Waals surface area contributed by atoms with Crippen LogP contribution in [-0.2, 0) is 0 Å². The third-order valence-corrected chi connectivity index (χ3v) is 6.63. The molecule has 0 radical (unpaired) electrons. The number of aliphatic hydroxyl groups excluding tert-OH is 1. The van der Waals surface area contributed by atoms with Gasteiger partial charge in [-0.05, 0) is 56.3 Å². The van der Waals surface area contributed by atoms with Crippen molar-refractivity contribution in [3.63, 3.8) is 0 Å². The number of hydrogen-bond donors (Lipinski definition) is 1. The Morgan fingerprint density at radius 3 is 2.64 bits per heavy atom. The molecule has 4 heteroatoms. The molecule has 1 aromatic rings. The van der Waals surface area contributed by atoms with Crippen molar-refractivity contribution in [2.24, 2.45) is 5.92 Å². The summed E-state index contributed by atoms with van der Waals surface area (Å²) in [4.78, 5) is 9.32. The second kappa shape index (κ2) is 7.51. The highest BCUT2D eigenvalue weighted by molar-refractivity contribution is 5.93. The molecular formula is C24H30N3O+. The summed E-state index contributed by atoms with van der Waals surface area (Å²) in [5, 5.41) is 9.15. The van der Waals surface area contributed by atoms with Crippen LogP contribution in [0.2, 0.25) is 0 Å². The van der Waals surface area contributed by atoms with Crippen LogP contribution in [0.5, 0.6) is 0 Å². The van der Waals surface area contributed by atoms with Crippen molar-refractivity contribution < 1.29 is 5.11 Å². The fraction of sp³-hybridized carbons (Fsp3) is 0.417. The molecule has 0 atom stereocenters. The summed E-state index contributed by atoms with van der Waals surface area (Å²) >= 11 is 0. The first-order valence-corrected chi connectivity index (χ1v) is 10.3. The lowest BCUT2D eigenvalue weighted by molar-refractivity contribution is 0.266. The van der Waals surface area contributed by atoms with Crippen LogP contribution in [0.15, 0.2) is 60.3 Å². The van der Waals surface area contributed by atoms with Crippen molar-refractivity contribution in [2.45, 2.75) is 46.0 Å². The lowest BCUT2D eigenvalue weighted by Crippen LogP contribution is -2.49. The van der Waals surface area contributed by atoms with E-state index in [1.807, 2.05) is 12.2 Å². The zero-order valence-corrected chi connectivity index (χ0v) is 17.0. The molecule has 2 aliphatic heterocycles. The van der Waals surface area contributed by atoms with Gasteiger partial charge in [-0.2, -0.15) is 4.98 Å². The number of nitrogens with zero attached hydrogens (tertiary/aromatic N) is 3. The Hall–Kier alpha value is -2.46. The van der Waals surface area contributed by atoms with Gasteiger partial charge in [0.1, 0.15) is 12.5 Å². The summed E-state index contributed by atoms with van der Waals surface area (Å²) < 4.78 is 0.796. The van der Waals surface area contributed by atoms with E-state index in [-0.39, 0.29) is 0 Å². The fourth-order valence-electron chi connectivity index (χ4n) is 5.12. The summed E-state index contributed by atoms with van der Waals surface area (Å²) in [7, 11) is 0. The molecule has 0 bridgehead atoms. The molecule has 3 aliphatic rings. The third kappa shape index (κ3) is 3.06. The molecular weight excluding hydrogens is 346 g/mol. The maximum atomic E-state index is 9.15. The molecule has 4 rings (SSSR count). The van der Waals surface area contributed by atoms with Gasteiger partial charge in [0.25, 0.3) is 0 Å². The largest absolute Gasteiger partial charge is 0.516 e. The second-order valence-corrected chi connectivity index (χ2v) is 8.29. The summed E-state index contributed by atoms with van der Waals surface area (Å²) in [5.74, 6) is 1.58. The Kier molecular flexibility index (Phi) is 5.07. The number of aliphatic hydroxyl groups is 1. The lowest BCUT2D eigenvalue weighted by Gasteiger charge is -2.36. The molecule has 1 fully saturated rings. The van der Waals surface area contributed by atoms with E-state index in [2.05, 4.69) is 37.7 Å². The van der Waals surface area contributed by atoms with Crippen LogP contribution in [0.25, 0.3) is 5.57 Å². The summed E-state index contributed by atoms with van der Waals surface area (Å²) in [6.45, 7) is 10.4. The van der Waals surface area contributed by atoms with Gasteiger partial charge >= 0.3 is 0 Å². The van der Waals surface area contributed by atoms with E-state index >= 15 is 0 Å². The predicted molar refractivity (Wildman–Crippen MR) is 116 cm³/mol. The molecule has 0 unspecified atom stereocenters. The van der Waals surface area contributed by atoms with Crippen LogP contribution < -0.4 is 4.48 Å². The van der Waals surface area contributed by atoms with Crippen molar-refractivity contribution in [3.8, 4) is 0 Å². The minimum absolute atomic E-state index is 0.445. The molecule has 3 heterocycles. The Balaban J connectivity index is 1.83. The van der Waals surface area contributed by atoms with Crippen LogP contribution in [0.1, 0.15) is 50.3 Å². The Morgan fingerprint density at radius 1 is 1.21 bits per heavy atom. The molecule has 0 saturated carbocycles. The monoisotopic (exact) mass is 376 g/mol. The maximum absolute atomic E-state index is 9.15. The van der Waals surface area contributed by atoms with E-state index in [4.69, 9.17) is 10.1 Å².